The van der Waals surface area contributed by atoms with E-state index in [0.29, 0.717) is 24.6 Å². The van der Waals surface area contributed by atoms with Crippen molar-refractivity contribution >= 4 is 21.6 Å². The molecule has 152 valence electrons. The smallest absolute Gasteiger partial charge is 0.267 e. The minimum absolute atomic E-state index is 0.157. The molecule has 1 heterocycles. The Morgan fingerprint density at radius 1 is 1.19 bits per heavy atom. The minimum atomic E-state index is -3.62. The number of hydrazine groups is 1. The Morgan fingerprint density at radius 2 is 1.78 bits per heavy atom. The first kappa shape index (κ1) is 21.7. The second kappa shape index (κ2) is 9.03. The van der Waals surface area contributed by atoms with Crippen LogP contribution in [0.5, 0.6) is 0 Å². The Hall–Kier alpha value is -1.64. The summed E-state index contributed by atoms with van der Waals surface area (Å²) in [5, 5.41) is 1.57. The maximum atomic E-state index is 12.9. The first-order chi connectivity index (χ1) is 12.7. The Bertz CT molecular complexity index is 752. The minimum Gasteiger partial charge on any atom is -0.371 e. The predicted molar refractivity (Wildman–Crippen MR) is 108 cm³/mol. The molecular formula is C19H32N4O3S. The first-order valence-electron chi connectivity index (χ1n) is 9.58. The second-order valence-corrected chi connectivity index (χ2v) is 9.21. The highest BCUT2D eigenvalue weighted by Crippen LogP contribution is 2.29. The molecule has 1 aromatic carbocycles. The molecule has 0 saturated carbocycles. The molecule has 1 aliphatic rings. The average molecular weight is 397 g/mol. The van der Waals surface area contributed by atoms with E-state index in [2.05, 4.69) is 17.2 Å². The lowest BCUT2D eigenvalue weighted by atomic mass is 9.98. The van der Waals surface area contributed by atoms with Gasteiger partial charge in [-0.3, -0.25) is 10.2 Å². The lowest BCUT2D eigenvalue weighted by molar-refractivity contribution is 0.0857. The largest absolute Gasteiger partial charge is 0.371 e. The maximum absolute atomic E-state index is 12.9. The number of carbonyl (C=O) groups is 1. The highest BCUT2D eigenvalue weighted by molar-refractivity contribution is 7.89. The number of nitrogens with one attached hydrogen (secondary N) is 1. The fraction of sp³-hybridized carbons (Fsp3) is 0.632. The Balaban J connectivity index is 2.48. The SMILES string of the molecule is CCN(CC)S(=O)(=O)c1ccc(N2CCC(C)CC2)c(C(=O)NN(C)C)c1. The van der Waals surface area contributed by atoms with Gasteiger partial charge in [0.05, 0.1) is 10.5 Å². The van der Waals surface area contributed by atoms with Gasteiger partial charge >= 0.3 is 0 Å². The summed E-state index contributed by atoms with van der Waals surface area (Å²) in [4.78, 5) is 15.1. The molecule has 1 aliphatic heterocycles. The van der Waals surface area contributed by atoms with Crippen molar-refractivity contribution in [2.75, 3.05) is 45.2 Å². The van der Waals surface area contributed by atoms with Gasteiger partial charge in [-0.05, 0) is 37.0 Å². The zero-order valence-corrected chi connectivity index (χ0v) is 17.8. The quantitative estimate of drug-likeness (QED) is 0.715. The number of anilines is 1. The highest BCUT2D eigenvalue weighted by atomic mass is 32.2. The van der Waals surface area contributed by atoms with Crippen LogP contribution >= 0.6 is 0 Å². The summed E-state index contributed by atoms with van der Waals surface area (Å²) in [6, 6.07) is 4.91. The summed E-state index contributed by atoms with van der Waals surface area (Å²) >= 11 is 0. The topological polar surface area (TPSA) is 73.0 Å². The molecular weight excluding hydrogens is 364 g/mol. The molecule has 0 radical (unpaired) electrons. The predicted octanol–water partition coefficient (Wildman–Crippen LogP) is 2.16. The van der Waals surface area contributed by atoms with Gasteiger partial charge in [0.15, 0.2) is 0 Å². The maximum Gasteiger partial charge on any atom is 0.267 e. The molecule has 0 aliphatic carbocycles. The van der Waals surface area contributed by atoms with Gasteiger partial charge in [-0.25, -0.2) is 13.4 Å². The molecule has 0 unspecified atom stereocenters. The van der Waals surface area contributed by atoms with E-state index in [-0.39, 0.29) is 10.8 Å². The van der Waals surface area contributed by atoms with Crippen LogP contribution in [0.1, 0.15) is 44.0 Å². The van der Waals surface area contributed by atoms with Crippen LogP contribution in [0.25, 0.3) is 0 Å². The van der Waals surface area contributed by atoms with E-state index < -0.39 is 10.0 Å². The third kappa shape index (κ3) is 5.00. The molecule has 1 N–H and O–H groups in total. The fourth-order valence-corrected chi connectivity index (χ4v) is 4.84. The van der Waals surface area contributed by atoms with E-state index in [1.165, 1.54) is 10.4 Å². The number of rotatable bonds is 7. The van der Waals surface area contributed by atoms with E-state index in [4.69, 9.17) is 0 Å². The third-order valence-electron chi connectivity index (χ3n) is 5.01. The Labute approximate surface area is 163 Å². The molecule has 1 aromatic rings. The Morgan fingerprint density at radius 3 is 2.30 bits per heavy atom. The van der Waals surface area contributed by atoms with Gasteiger partial charge in [-0.2, -0.15) is 4.31 Å². The normalized spacial score (nSPS) is 16.2. The molecule has 0 aromatic heterocycles. The summed E-state index contributed by atoms with van der Waals surface area (Å²) in [6.45, 7) is 8.37. The molecule has 27 heavy (non-hydrogen) atoms. The number of nitrogens with zero attached hydrogens (tertiary/aromatic N) is 3. The van der Waals surface area contributed by atoms with E-state index in [0.717, 1.165) is 31.6 Å². The molecule has 1 fully saturated rings. The zero-order chi connectivity index (χ0) is 20.2. The molecule has 0 bridgehead atoms. The van der Waals surface area contributed by atoms with Crippen molar-refractivity contribution in [2.24, 2.45) is 5.92 Å². The summed E-state index contributed by atoms with van der Waals surface area (Å²) in [7, 11) is -0.155. The molecule has 2 rings (SSSR count). The second-order valence-electron chi connectivity index (χ2n) is 7.27. The van der Waals surface area contributed by atoms with Crippen LogP contribution in [0.2, 0.25) is 0 Å². The van der Waals surface area contributed by atoms with Gasteiger partial charge in [0.2, 0.25) is 10.0 Å². The summed E-state index contributed by atoms with van der Waals surface area (Å²) in [5.41, 5.74) is 3.93. The molecule has 0 spiro atoms. The number of piperidine rings is 1. The van der Waals surface area contributed by atoms with Crippen molar-refractivity contribution in [3.05, 3.63) is 23.8 Å². The average Bonchev–Trinajstić information content (AvgIpc) is 2.62. The zero-order valence-electron chi connectivity index (χ0n) is 17.0. The molecule has 0 atom stereocenters. The van der Waals surface area contributed by atoms with E-state index >= 15 is 0 Å². The molecule has 8 heteroatoms. The van der Waals surface area contributed by atoms with Gasteiger partial charge in [0.1, 0.15) is 0 Å². The van der Waals surface area contributed by atoms with E-state index in [9.17, 15) is 13.2 Å². The van der Waals surface area contributed by atoms with Crippen molar-refractivity contribution in [1.82, 2.24) is 14.7 Å². The van der Waals surface area contributed by atoms with Crippen LogP contribution in [-0.2, 0) is 10.0 Å². The van der Waals surface area contributed by atoms with Gasteiger partial charge in [0.25, 0.3) is 5.91 Å². The number of sulfonamides is 1. The number of hydrogen-bond donors (Lipinski definition) is 1. The van der Waals surface area contributed by atoms with Crippen molar-refractivity contribution in [1.29, 1.82) is 0 Å². The van der Waals surface area contributed by atoms with Gasteiger partial charge in [0, 0.05) is 46.0 Å². The van der Waals surface area contributed by atoms with Crippen LogP contribution < -0.4 is 10.3 Å². The van der Waals surface area contributed by atoms with Crippen LogP contribution in [-0.4, -0.2) is 63.9 Å². The van der Waals surface area contributed by atoms with Crippen LogP contribution in [0.15, 0.2) is 23.1 Å². The monoisotopic (exact) mass is 396 g/mol. The summed E-state index contributed by atoms with van der Waals surface area (Å²) in [6.07, 6.45) is 2.13. The summed E-state index contributed by atoms with van der Waals surface area (Å²) < 4.78 is 27.2. The van der Waals surface area contributed by atoms with Crippen molar-refractivity contribution in [3.8, 4) is 0 Å². The Kier molecular flexibility index (Phi) is 7.25. The van der Waals surface area contributed by atoms with Crippen molar-refractivity contribution in [3.63, 3.8) is 0 Å². The molecule has 1 amide bonds. The van der Waals surface area contributed by atoms with Crippen molar-refractivity contribution in [2.45, 2.75) is 38.5 Å². The van der Waals surface area contributed by atoms with Gasteiger partial charge in [-0.1, -0.05) is 20.8 Å². The number of amides is 1. The van der Waals surface area contributed by atoms with Crippen LogP contribution in [0.3, 0.4) is 0 Å². The fourth-order valence-electron chi connectivity index (χ4n) is 3.36. The van der Waals surface area contributed by atoms with E-state index in [1.54, 1.807) is 31.2 Å². The number of hydrogen-bond acceptors (Lipinski definition) is 5. The molecule has 1 saturated heterocycles. The lowest BCUT2D eigenvalue weighted by Crippen LogP contribution is -2.39. The van der Waals surface area contributed by atoms with Crippen LogP contribution in [0.4, 0.5) is 5.69 Å². The lowest BCUT2D eigenvalue weighted by Gasteiger charge is -2.33. The van der Waals surface area contributed by atoms with Gasteiger partial charge in [-0.15, -0.1) is 0 Å². The number of carbonyl (C=O) groups excluding carboxylic acids is 1. The standard InChI is InChI=1S/C19H32N4O3S/c1-6-23(7-2)27(25,26)16-8-9-18(22-12-10-15(3)11-13-22)17(14-16)19(24)20-21(4)5/h8-9,14-15H,6-7,10-13H2,1-5H3,(H,20,24). The third-order valence-corrected chi connectivity index (χ3v) is 7.05. The van der Waals surface area contributed by atoms with Gasteiger partial charge < -0.3 is 4.90 Å². The van der Waals surface area contributed by atoms with E-state index in [1.807, 2.05) is 13.8 Å². The van der Waals surface area contributed by atoms with Crippen molar-refractivity contribution < 1.29 is 13.2 Å². The summed E-state index contributed by atoms with van der Waals surface area (Å²) in [5.74, 6) is 0.368. The highest BCUT2D eigenvalue weighted by Gasteiger charge is 2.26. The molecule has 7 nitrogen and oxygen atoms in total. The van der Waals surface area contributed by atoms with Crippen LogP contribution in [0, 0.1) is 5.92 Å². The first-order valence-corrected chi connectivity index (χ1v) is 11.0. The number of benzene rings is 1.